The Kier molecular flexibility index (Phi) is 2.59. The predicted molar refractivity (Wildman–Crippen MR) is 57.5 cm³/mol. The number of anilines is 1. The zero-order valence-corrected chi connectivity index (χ0v) is 9.01. The van der Waals surface area contributed by atoms with Gasteiger partial charge in [-0.05, 0) is 42.3 Å². The fraction of sp³-hybridized carbons (Fsp3) is 0.600. The van der Waals surface area contributed by atoms with E-state index in [0.29, 0.717) is 10.7 Å². The lowest BCUT2D eigenvalue weighted by Gasteiger charge is -2.09. The monoisotopic (exact) mass is 211 g/mol. The summed E-state index contributed by atoms with van der Waals surface area (Å²) in [6.45, 7) is 3.28. The lowest BCUT2D eigenvalue weighted by molar-refractivity contribution is 0.536. The van der Waals surface area contributed by atoms with E-state index in [9.17, 15) is 0 Å². The SMILES string of the molecule is CC1(CCNc2ccnc(Cl)n2)CC1. The number of nitrogens with zero attached hydrogens (tertiary/aromatic N) is 2. The summed E-state index contributed by atoms with van der Waals surface area (Å²) < 4.78 is 0. The van der Waals surface area contributed by atoms with Gasteiger partial charge in [-0.1, -0.05) is 6.92 Å². The van der Waals surface area contributed by atoms with Crippen LogP contribution in [0.4, 0.5) is 5.82 Å². The molecule has 2 rings (SSSR count). The second-order valence-electron chi connectivity index (χ2n) is 4.20. The van der Waals surface area contributed by atoms with Gasteiger partial charge in [0.25, 0.3) is 0 Å². The minimum atomic E-state index is 0.299. The first-order valence-corrected chi connectivity index (χ1v) is 5.28. The third-order valence-electron chi connectivity index (χ3n) is 2.76. The highest BCUT2D eigenvalue weighted by molar-refractivity contribution is 6.28. The van der Waals surface area contributed by atoms with Crippen LogP contribution in [0, 0.1) is 5.41 Å². The van der Waals surface area contributed by atoms with E-state index in [1.165, 1.54) is 19.3 Å². The first kappa shape index (κ1) is 9.71. The number of aromatic nitrogens is 2. The fourth-order valence-electron chi connectivity index (χ4n) is 1.39. The molecule has 1 aromatic heterocycles. The molecule has 1 fully saturated rings. The van der Waals surface area contributed by atoms with Gasteiger partial charge in [-0.15, -0.1) is 0 Å². The normalized spacial score (nSPS) is 17.9. The van der Waals surface area contributed by atoms with Gasteiger partial charge in [0.1, 0.15) is 5.82 Å². The quantitative estimate of drug-likeness (QED) is 0.779. The van der Waals surface area contributed by atoms with Crippen LogP contribution >= 0.6 is 11.6 Å². The molecule has 3 nitrogen and oxygen atoms in total. The van der Waals surface area contributed by atoms with Gasteiger partial charge in [0.05, 0.1) is 0 Å². The van der Waals surface area contributed by atoms with Gasteiger partial charge in [-0.25, -0.2) is 9.97 Å². The zero-order chi connectivity index (χ0) is 10.0. The number of rotatable bonds is 4. The summed E-state index contributed by atoms with van der Waals surface area (Å²) in [6.07, 6.45) is 5.59. The zero-order valence-electron chi connectivity index (χ0n) is 8.26. The average Bonchev–Trinajstić information content (AvgIpc) is 2.84. The van der Waals surface area contributed by atoms with Crippen LogP contribution in [0.5, 0.6) is 0 Å². The molecule has 1 N–H and O–H groups in total. The summed E-state index contributed by atoms with van der Waals surface area (Å²) >= 11 is 5.66. The number of nitrogens with one attached hydrogen (secondary N) is 1. The molecule has 14 heavy (non-hydrogen) atoms. The average molecular weight is 212 g/mol. The molecule has 1 aromatic rings. The van der Waals surface area contributed by atoms with Crippen LogP contribution in [-0.2, 0) is 0 Å². The smallest absolute Gasteiger partial charge is 0.224 e. The van der Waals surface area contributed by atoms with E-state index in [1.54, 1.807) is 6.20 Å². The summed E-state index contributed by atoms with van der Waals surface area (Å²) in [7, 11) is 0. The molecule has 1 saturated carbocycles. The highest BCUT2D eigenvalue weighted by Crippen LogP contribution is 2.47. The Labute approximate surface area is 88.9 Å². The van der Waals surface area contributed by atoms with E-state index in [0.717, 1.165) is 12.4 Å². The Morgan fingerprint density at radius 1 is 1.57 bits per heavy atom. The summed E-state index contributed by atoms with van der Waals surface area (Å²) in [5.41, 5.74) is 0.587. The summed E-state index contributed by atoms with van der Waals surface area (Å²) in [6, 6.07) is 1.83. The molecular formula is C10H14ClN3. The molecule has 0 atom stereocenters. The molecule has 0 unspecified atom stereocenters. The highest BCUT2D eigenvalue weighted by Gasteiger charge is 2.36. The molecule has 0 saturated heterocycles. The van der Waals surface area contributed by atoms with Crippen LogP contribution < -0.4 is 5.32 Å². The van der Waals surface area contributed by atoms with Crippen LogP contribution in [0.25, 0.3) is 0 Å². The van der Waals surface area contributed by atoms with Crippen molar-refractivity contribution in [2.75, 3.05) is 11.9 Å². The minimum absolute atomic E-state index is 0.299. The van der Waals surface area contributed by atoms with Crippen molar-refractivity contribution in [2.24, 2.45) is 5.41 Å². The van der Waals surface area contributed by atoms with Gasteiger partial charge in [-0.3, -0.25) is 0 Å². The van der Waals surface area contributed by atoms with E-state index < -0.39 is 0 Å². The largest absolute Gasteiger partial charge is 0.370 e. The van der Waals surface area contributed by atoms with Crippen LogP contribution in [-0.4, -0.2) is 16.5 Å². The van der Waals surface area contributed by atoms with Crippen molar-refractivity contribution in [2.45, 2.75) is 26.2 Å². The lowest BCUT2D eigenvalue weighted by atomic mass is 10.1. The van der Waals surface area contributed by atoms with Crippen molar-refractivity contribution >= 4 is 17.4 Å². The molecule has 1 aliphatic carbocycles. The first-order valence-electron chi connectivity index (χ1n) is 4.90. The van der Waals surface area contributed by atoms with Crippen molar-refractivity contribution in [3.05, 3.63) is 17.5 Å². The summed E-state index contributed by atoms with van der Waals surface area (Å²) in [4.78, 5) is 7.88. The van der Waals surface area contributed by atoms with Gasteiger partial charge in [0.15, 0.2) is 0 Å². The molecule has 0 spiro atoms. The molecule has 4 heteroatoms. The minimum Gasteiger partial charge on any atom is -0.370 e. The van der Waals surface area contributed by atoms with Gasteiger partial charge >= 0.3 is 0 Å². The molecule has 0 bridgehead atoms. The molecule has 0 aromatic carbocycles. The van der Waals surface area contributed by atoms with E-state index in [4.69, 9.17) is 11.6 Å². The molecule has 0 amide bonds. The van der Waals surface area contributed by atoms with Gasteiger partial charge < -0.3 is 5.32 Å². The second-order valence-corrected chi connectivity index (χ2v) is 4.54. The van der Waals surface area contributed by atoms with E-state index in [-0.39, 0.29) is 0 Å². The topological polar surface area (TPSA) is 37.8 Å². The van der Waals surface area contributed by atoms with E-state index in [1.807, 2.05) is 6.07 Å². The summed E-state index contributed by atoms with van der Waals surface area (Å²) in [5.74, 6) is 0.814. The number of hydrogen-bond donors (Lipinski definition) is 1. The Balaban J connectivity index is 1.80. The Hall–Kier alpha value is -0.830. The number of hydrogen-bond acceptors (Lipinski definition) is 3. The maximum absolute atomic E-state index is 5.66. The van der Waals surface area contributed by atoms with Gasteiger partial charge in [0, 0.05) is 12.7 Å². The van der Waals surface area contributed by atoms with Crippen LogP contribution in [0.15, 0.2) is 12.3 Å². The Bertz CT molecular complexity index is 323. The predicted octanol–water partition coefficient (Wildman–Crippen LogP) is 2.73. The van der Waals surface area contributed by atoms with Gasteiger partial charge in [-0.2, -0.15) is 0 Å². The summed E-state index contributed by atoms with van der Waals surface area (Å²) in [5, 5.41) is 3.55. The van der Waals surface area contributed by atoms with Crippen LogP contribution in [0.3, 0.4) is 0 Å². The Morgan fingerprint density at radius 2 is 2.36 bits per heavy atom. The molecular weight excluding hydrogens is 198 g/mol. The van der Waals surface area contributed by atoms with Crippen molar-refractivity contribution in [3.63, 3.8) is 0 Å². The highest BCUT2D eigenvalue weighted by atomic mass is 35.5. The van der Waals surface area contributed by atoms with Crippen molar-refractivity contribution in [1.29, 1.82) is 0 Å². The number of halogens is 1. The molecule has 76 valence electrons. The van der Waals surface area contributed by atoms with Crippen LogP contribution in [0.2, 0.25) is 5.28 Å². The van der Waals surface area contributed by atoms with Crippen molar-refractivity contribution in [1.82, 2.24) is 9.97 Å². The van der Waals surface area contributed by atoms with Crippen molar-refractivity contribution < 1.29 is 0 Å². The first-order chi connectivity index (χ1) is 6.68. The Morgan fingerprint density at radius 3 is 3.00 bits per heavy atom. The molecule has 0 aliphatic heterocycles. The lowest BCUT2D eigenvalue weighted by Crippen LogP contribution is -2.08. The maximum Gasteiger partial charge on any atom is 0.224 e. The van der Waals surface area contributed by atoms with Gasteiger partial charge in [0.2, 0.25) is 5.28 Å². The van der Waals surface area contributed by atoms with E-state index in [2.05, 4.69) is 22.2 Å². The molecule has 1 heterocycles. The third-order valence-corrected chi connectivity index (χ3v) is 2.95. The fourth-order valence-corrected chi connectivity index (χ4v) is 1.54. The maximum atomic E-state index is 5.66. The standard InChI is InChI=1S/C10H14ClN3/c1-10(3-4-10)5-7-12-8-2-6-13-9(11)14-8/h2,6H,3-5,7H2,1H3,(H,12,13,14). The van der Waals surface area contributed by atoms with Crippen LogP contribution in [0.1, 0.15) is 26.2 Å². The van der Waals surface area contributed by atoms with E-state index >= 15 is 0 Å². The third kappa shape index (κ3) is 2.58. The molecule has 0 radical (unpaired) electrons. The van der Waals surface area contributed by atoms with Crippen molar-refractivity contribution in [3.8, 4) is 0 Å². The molecule has 1 aliphatic rings. The second kappa shape index (κ2) is 3.73.